The molecule has 2 heterocycles. The minimum Gasteiger partial charge on any atom is -0.311 e. The normalized spacial score (nSPS) is 18.0. The Bertz CT molecular complexity index is 1080. The number of rotatable bonds is 4. The first kappa shape index (κ1) is 17.6. The number of hydrogen-bond donors (Lipinski definition) is 1. The Hall–Kier alpha value is -2.77. The predicted octanol–water partition coefficient (Wildman–Crippen LogP) is 2.71. The van der Waals surface area contributed by atoms with E-state index >= 15 is 0 Å². The number of amides is 1. The number of hydrogen-bond acceptors (Lipinski definition) is 4. The zero-order valence-electron chi connectivity index (χ0n) is 14.6. The van der Waals surface area contributed by atoms with Crippen LogP contribution in [0.2, 0.25) is 0 Å². The van der Waals surface area contributed by atoms with Crippen LogP contribution in [0.5, 0.6) is 0 Å². The fourth-order valence-corrected chi connectivity index (χ4v) is 4.56. The largest absolute Gasteiger partial charge is 0.311 e. The number of para-hydroxylation sites is 1. The molecule has 0 radical (unpaired) electrons. The van der Waals surface area contributed by atoms with Crippen molar-refractivity contribution in [1.29, 1.82) is 0 Å². The van der Waals surface area contributed by atoms with Crippen molar-refractivity contribution in [2.75, 3.05) is 11.4 Å². The van der Waals surface area contributed by atoms with Gasteiger partial charge >= 0.3 is 0 Å². The van der Waals surface area contributed by atoms with E-state index in [4.69, 9.17) is 0 Å². The number of carbonyl (C=O) groups is 1. The number of piperidine rings is 1. The summed E-state index contributed by atoms with van der Waals surface area (Å²) >= 11 is 0. The predicted molar refractivity (Wildman–Crippen MR) is 104 cm³/mol. The lowest BCUT2D eigenvalue weighted by Crippen LogP contribution is -2.52. The molecule has 3 aromatic rings. The van der Waals surface area contributed by atoms with Gasteiger partial charge in [0.15, 0.2) is 0 Å². The molecule has 27 heavy (non-hydrogen) atoms. The van der Waals surface area contributed by atoms with E-state index in [1.165, 1.54) is 12.1 Å². The van der Waals surface area contributed by atoms with Gasteiger partial charge < -0.3 is 4.90 Å². The zero-order valence-corrected chi connectivity index (χ0v) is 15.4. The minimum absolute atomic E-state index is 0.110. The van der Waals surface area contributed by atoms with Gasteiger partial charge in [0.05, 0.1) is 10.4 Å². The highest BCUT2D eigenvalue weighted by Gasteiger charge is 2.33. The topological polar surface area (TPSA) is 79.4 Å². The molecule has 7 heteroatoms. The molecule has 1 fully saturated rings. The third kappa shape index (κ3) is 3.56. The van der Waals surface area contributed by atoms with E-state index in [9.17, 15) is 13.2 Å². The molecular weight excluding hydrogens is 362 g/mol. The Balaban J connectivity index is 1.58. The lowest BCUT2D eigenvalue weighted by Gasteiger charge is -2.32. The average Bonchev–Trinajstić information content (AvgIpc) is 2.70. The smallest absolute Gasteiger partial charge is 0.245 e. The molecule has 1 saturated heterocycles. The standard InChI is InChI=1S/C20H19N3O3S/c24-20-18(9-5-13-23(20)16-7-2-1-3-8-16)22-27(25,26)17-11-10-15-6-4-12-21-19(15)14-17/h1-4,6-8,10-12,14,18,22H,5,9,13H2. The summed E-state index contributed by atoms with van der Waals surface area (Å²) in [4.78, 5) is 18.8. The average molecular weight is 381 g/mol. The summed E-state index contributed by atoms with van der Waals surface area (Å²) in [5.41, 5.74) is 1.38. The zero-order chi connectivity index (χ0) is 18.9. The summed E-state index contributed by atoms with van der Waals surface area (Å²) in [5.74, 6) is -0.227. The third-order valence-corrected chi connectivity index (χ3v) is 6.16. The molecule has 0 bridgehead atoms. The number of aromatic nitrogens is 1. The van der Waals surface area contributed by atoms with E-state index in [0.717, 1.165) is 17.5 Å². The molecule has 6 nitrogen and oxygen atoms in total. The number of carbonyl (C=O) groups excluding carboxylic acids is 1. The number of nitrogens with one attached hydrogen (secondary N) is 1. The second kappa shape index (κ2) is 7.09. The molecule has 0 spiro atoms. The van der Waals surface area contributed by atoms with Crippen molar-refractivity contribution in [3.8, 4) is 0 Å². The third-order valence-electron chi connectivity index (χ3n) is 4.69. The van der Waals surface area contributed by atoms with E-state index in [1.54, 1.807) is 23.2 Å². The lowest BCUT2D eigenvalue weighted by atomic mass is 10.0. The van der Waals surface area contributed by atoms with Crippen LogP contribution < -0.4 is 9.62 Å². The van der Waals surface area contributed by atoms with Crippen LogP contribution in [0.4, 0.5) is 5.69 Å². The quantitative estimate of drug-likeness (QED) is 0.754. The van der Waals surface area contributed by atoms with E-state index < -0.39 is 16.1 Å². The number of fused-ring (bicyclic) bond motifs is 1. The summed E-state index contributed by atoms with van der Waals surface area (Å²) in [7, 11) is -3.83. The molecule has 1 aliphatic rings. The van der Waals surface area contributed by atoms with Crippen molar-refractivity contribution in [3.05, 3.63) is 66.9 Å². The van der Waals surface area contributed by atoms with Crippen LogP contribution in [-0.2, 0) is 14.8 Å². The Morgan fingerprint density at radius 3 is 2.67 bits per heavy atom. The summed E-state index contributed by atoms with van der Waals surface area (Å²) in [6.07, 6.45) is 2.83. The van der Waals surface area contributed by atoms with Crippen LogP contribution in [0, 0.1) is 0 Å². The maximum absolute atomic E-state index is 12.8. The molecule has 4 rings (SSSR count). The van der Waals surface area contributed by atoms with Gasteiger partial charge in [-0.3, -0.25) is 9.78 Å². The summed E-state index contributed by atoms with van der Waals surface area (Å²) in [6.45, 7) is 0.584. The first-order chi connectivity index (χ1) is 13.0. The Morgan fingerprint density at radius 2 is 1.85 bits per heavy atom. The number of nitrogens with zero attached hydrogens (tertiary/aromatic N) is 2. The highest BCUT2D eigenvalue weighted by Crippen LogP contribution is 2.23. The molecule has 1 atom stereocenters. The molecule has 0 aliphatic carbocycles. The van der Waals surface area contributed by atoms with E-state index in [1.807, 2.05) is 36.4 Å². The lowest BCUT2D eigenvalue weighted by molar-refractivity contribution is -0.121. The summed E-state index contributed by atoms with van der Waals surface area (Å²) in [6, 6.07) is 17.0. The SMILES string of the molecule is O=C1C(NS(=O)(=O)c2ccc3cccnc3c2)CCCN1c1ccccc1. The maximum Gasteiger partial charge on any atom is 0.245 e. The van der Waals surface area contributed by atoms with Crippen molar-refractivity contribution in [2.45, 2.75) is 23.8 Å². The Kier molecular flexibility index (Phi) is 4.63. The summed E-state index contributed by atoms with van der Waals surface area (Å²) < 4.78 is 28.2. The minimum atomic E-state index is -3.83. The Morgan fingerprint density at radius 1 is 1.04 bits per heavy atom. The fourth-order valence-electron chi connectivity index (χ4n) is 3.32. The van der Waals surface area contributed by atoms with Gasteiger partial charge in [-0.05, 0) is 43.2 Å². The van der Waals surface area contributed by atoms with Gasteiger partial charge in [-0.2, -0.15) is 4.72 Å². The van der Waals surface area contributed by atoms with E-state index in [0.29, 0.717) is 18.5 Å². The van der Waals surface area contributed by atoms with Crippen molar-refractivity contribution < 1.29 is 13.2 Å². The van der Waals surface area contributed by atoms with Crippen molar-refractivity contribution in [2.24, 2.45) is 0 Å². The number of benzene rings is 2. The van der Waals surface area contributed by atoms with E-state index in [-0.39, 0.29) is 10.8 Å². The second-order valence-corrected chi connectivity index (χ2v) is 8.21. The van der Waals surface area contributed by atoms with Crippen LogP contribution in [0.1, 0.15) is 12.8 Å². The number of sulfonamides is 1. The molecular formula is C20H19N3O3S. The van der Waals surface area contributed by atoms with E-state index in [2.05, 4.69) is 9.71 Å². The van der Waals surface area contributed by atoms with Gasteiger partial charge in [0.2, 0.25) is 15.9 Å². The molecule has 138 valence electrons. The van der Waals surface area contributed by atoms with Crippen LogP contribution >= 0.6 is 0 Å². The van der Waals surface area contributed by atoms with Crippen molar-refractivity contribution in [3.63, 3.8) is 0 Å². The van der Waals surface area contributed by atoms with Gasteiger partial charge in [0, 0.05) is 23.8 Å². The van der Waals surface area contributed by atoms with Gasteiger partial charge in [-0.25, -0.2) is 8.42 Å². The molecule has 2 aromatic carbocycles. The van der Waals surface area contributed by atoms with Gasteiger partial charge in [0.25, 0.3) is 0 Å². The molecule has 1 aliphatic heterocycles. The maximum atomic E-state index is 12.8. The van der Waals surface area contributed by atoms with Gasteiger partial charge in [0.1, 0.15) is 6.04 Å². The molecule has 0 saturated carbocycles. The molecule has 1 unspecified atom stereocenters. The fraction of sp³-hybridized carbons (Fsp3) is 0.200. The Labute approximate surface area is 157 Å². The van der Waals surface area contributed by atoms with Crippen molar-refractivity contribution in [1.82, 2.24) is 9.71 Å². The molecule has 1 N–H and O–H groups in total. The van der Waals surface area contributed by atoms with Gasteiger partial charge in [-0.1, -0.05) is 30.3 Å². The molecule has 1 amide bonds. The number of pyridine rings is 1. The van der Waals surface area contributed by atoms with Crippen LogP contribution in [-0.4, -0.2) is 31.9 Å². The highest BCUT2D eigenvalue weighted by molar-refractivity contribution is 7.89. The summed E-state index contributed by atoms with van der Waals surface area (Å²) in [5, 5.41) is 0.862. The van der Waals surface area contributed by atoms with Crippen LogP contribution in [0.3, 0.4) is 0 Å². The monoisotopic (exact) mass is 381 g/mol. The second-order valence-electron chi connectivity index (χ2n) is 6.50. The first-order valence-corrected chi connectivity index (χ1v) is 10.3. The van der Waals surface area contributed by atoms with Crippen LogP contribution in [0.25, 0.3) is 10.9 Å². The first-order valence-electron chi connectivity index (χ1n) is 8.78. The van der Waals surface area contributed by atoms with Crippen LogP contribution in [0.15, 0.2) is 71.8 Å². The highest BCUT2D eigenvalue weighted by atomic mass is 32.2. The molecule has 1 aromatic heterocycles. The number of anilines is 1. The van der Waals surface area contributed by atoms with Crippen molar-refractivity contribution >= 4 is 32.5 Å². The van der Waals surface area contributed by atoms with Gasteiger partial charge in [-0.15, -0.1) is 0 Å².